The van der Waals surface area contributed by atoms with Gasteiger partial charge in [-0.15, -0.1) is 5.53 Å². The van der Waals surface area contributed by atoms with E-state index in [2.05, 4.69) is 23.0 Å². The van der Waals surface area contributed by atoms with Gasteiger partial charge in [-0.3, -0.25) is 15.2 Å². The Kier molecular flexibility index (Phi) is 7.74. The summed E-state index contributed by atoms with van der Waals surface area (Å²) in [5.41, 5.74) is 16.7. The van der Waals surface area contributed by atoms with Gasteiger partial charge in [0.15, 0.2) is 0 Å². The first kappa shape index (κ1) is 24.4. The molecule has 1 saturated heterocycles. The number of likely N-dealkylation sites (tertiary alicyclic amines) is 1. The van der Waals surface area contributed by atoms with Crippen LogP contribution in [0.4, 0.5) is 8.78 Å². The zero-order valence-corrected chi connectivity index (χ0v) is 19.1. The number of amidine groups is 1. The van der Waals surface area contributed by atoms with Crippen molar-refractivity contribution in [1.82, 2.24) is 21.3 Å². The molecule has 1 amide bonds. The highest BCUT2D eigenvalue weighted by molar-refractivity contribution is 5.99. The SMILES string of the molecule is C=CC(=O)N1CCCC1CN=C1NNNC=C1C(N)c1ccc(Oc2cccc(C(F)F)c2)cc1. The number of nitrogens with one attached hydrogen (secondary N) is 3. The van der Waals surface area contributed by atoms with E-state index in [1.807, 2.05) is 12.1 Å². The summed E-state index contributed by atoms with van der Waals surface area (Å²) in [6.07, 6.45) is 2.33. The van der Waals surface area contributed by atoms with Crippen LogP contribution in [0.5, 0.6) is 11.5 Å². The number of nitrogens with two attached hydrogens (primary N) is 1. The Hall–Kier alpha value is -3.76. The zero-order valence-electron chi connectivity index (χ0n) is 19.1. The summed E-state index contributed by atoms with van der Waals surface area (Å²) in [5, 5.41) is 0. The van der Waals surface area contributed by atoms with Crippen LogP contribution in [0.3, 0.4) is 0 Å². The smallest absolute Gasteiger partial charge is 0.263 e. The summed E-state index contributed by atoms with van der Waals surface area (Å²) < 4.78 is 31.6. The third kappa shape index (κ3) is 5.84. The van der Waals surface area contributed by atoms with E-state index in [0.29, 0.717) is 30.4 Å². The molecule has 0 bridgehead atoms. The lowest BCUT2D eigenvalue weighted by atomic mass is 9.99. The van der Waals surface area contributed by atoms with Gasteiger partial charge >= 0.3 is 0 Å². The Morgan fingerprint density at radius 1 is 1.23 bits per heavy atom. The maximum Gasteiger partial charge on any atom is 0.263 e. The summed E-state index contributed by atoms with van der Waals surface area (Å²) in [7, 11) is 0. The van der Waals surface area contributed by atoms with Crippen molar-refractivity contribution in [1.29, 1.82) is 0 Å². The van der Waals surface area contributed by atoms with E-state index in [-0.39, 0.29) is 17.5 Å². The van der Waals surface area contributed by atoms with Crippen LogP contribution in [0.2, 0.25) is 0 Å². The molecule has 0 radical (unpaired) electrons. The van der Waals surface area contributed by atoms with Crippen LogP contribution in [-0.2, 0) is 4.79 Å². The van der Waals surface area contributed by atoms with Crippen molar-refractivity contribution >= 4 is 11.7 Å². The van der Waals surface area contributed by atoms with Gasteiger partial charge in [-0.05, 0) is 48.7 Å². The second kappa shape index (κ2) is 11.1. The average molecular weight is 483 g/mol. The van der Waals surface area contributed by atoms with Crippen LogP contribution >= 0.6 is 0 Å². The van der Waals surface area contributed by atoms with Gasteiger partial charge in [-0.2, -0.15) is 0 Å². The Morgan fingerprint density at radius 3 is 2.77 bits per heavy atom. The van der Waals surface area contributed by atoms with Gasteiger partial charge in [0.25, 0.3) is 6.43 Å². The fourth-order valence-electron chi connectivity index (χ4n) is 4.12. The average Bonchev–Trinajstić information content (AvgIpc) is 3.36. The first-order valence-corrected chi connectivity index (χ1v) is 11.3. The minimum Gasteiger partial charge on any atom is -0.457 e. The standard InChI is InChI=1S/C25H28F2N6O2/c1-2-22(34)33-12-4-6-18(33)14-29-25-21(15-30-32-31-25)23(28)16-8-10-19(11-9-16)35-20-7-3-5-17(13-20)24(26)27/h2-3,5,7-11,13,15,18,23-24,30,32H,1,4,6,12,14,28H2,(H,29,31). The Morgan fingerprint density at radius 2 is 2.03 bits per heavy atom. The number of alkyl halides is 2. The molecule has 0 aliphatic carbocycles. The molecule has 2 aromatic carbocycles. The molecular formula is C25H28F2N6O2. The number of hydrogen-bond acceptors (Lipinski definition) is 6. The van der Waals surface area contributed by atoms with E-state index in [9.17, 15) is 13.6 Å². The quantitative estimate of drug-likeness (QED) is 0.430. The number of amides is 1. The van der Waals surface area contributed by atoms with Crippen LogP contribution in [0.15, 0.2) is 78.0 Å². The van der Waals surface area contributed by atoms with Crippen molar-refractivity contribution in [2.24, 2.45) is 10.7 Å². The molecule has 2 unspecified atom stereocenters. The van der Waals surface area contributed by atoms with Crippen molar-refractivity contribution in [3.8, 4) is 11.5 Å². The molecule has 0 aromatic heterocycles. The van der Waals surface area contributed by atoms with Crippen LogP contribution in [0.25, 0.3) is 0 Å². The molecule has 2 heterocycles. The molecule has 4 rings (SSSR count). The third-order valence-corrected chi connectivity index (χ3v) is 5.97. The number of halogens is 2. The summed E-state index contributed by atoms with van der Waals surface area (Å²) >= 11 is 0. The topological polar surface area (TPSA) is 104 Å². The number of carbonyl (C=O) groups excluding carboxylic acids is 1. The number of carbonyl (C=O) groups is 1. The Labute approximate surface area is 202 Å². The van der Waals surface area contributed by atoms with E-state index in [1.54, 1.807) is 29.3 Å². The number of aliphatic imine (C=N–C) groups is 1. The van der Waals surface area contributed by atoms with Gasteiger partial charge in [-0.25, -0.2) is 8.78 Å². The van der Waals surface area contributed by atoms with E-state index in [1.165, 1.54) is 24.3 Å². The second-order valence-electron chi connectivity index (χ2n) is 8.24. The van der Waals surface area contributed by atoms with Crippen LogP contribution < -0.4 is 26.9 Å². The Bertz CT molecular complexity index is 1120. The minimum absolute atomic E-state index is 0.0159. The lowest BCUT2D eigenvalue weighted by molar-refractivity contribution is -0.126. The van der Waals surface area contributed by atoms with Crippen molar-refractivity contribution in [3.63, 3.8) is 0 Å². The van der Waals surface area contributed by atoms with Gasteiger partial charge in [0.1, 0.15) is 17.3 Å². The maximum atomic E-state index is 12.9. The number of nitrogens with zero attached hydrogens (tertiary/aromatic N) is 2. The number of rotatable bonds is 8. The first-order chi connectivity index (χ1) is 17.0. The van der Waals surface area contributed by atoms with Crippen molar-refractivity contribution < 1.29 is 18.3 Å². The van der Waals surface area contributed by atoms with Gasteiger partial charge in [0.2, 0.25) is 5.91 Å². The lowest BCUT2D eigenvalue weighted by Gasteiger charge is -2.26. The molecule has 184 valence electrons. The second-order valence-corrected chi connectivity index (χ2v) is 8.24. The van der Waals surface area contributed by atoms with E-state index < -0.39 is 12.5 Å². The van der Waals surface area contributed by atoms with Crippen LogP contribution in [-0.4, -0.2) is 35.8 Å². The lowest BCUT2D eigenvalue weighted by Crippen LogP contribution is -2.51. The number of benzene rings is 2. The predicted molar refractivity (Wildman–Crippen MR) is 130 cm³/mol. The third-order valence-electron chi connectivity index (χ3n) is 5.97. The van der Waals surface area contributed by atoms with Crippen molar-refractivity contribution in [2.75, 3.05) is 13.1 Å². The summed E-state index contributed by atoms with van der Waals surface area (Å²) in [6, 6.07) is 12.5. The molecule has 8 nitrogen and oxygen atoms in total. The van der Waals surface area contributed by atoms with E-state index in [0.717, 1.165) is 24.0 Å². The number of hydrazine groups is 2. The molecular weight excluding hydrogens is 454 g/mol. The zero-order chi connectivity index (χ0) is 24.8. The molecule has 2 aliphatic heterocycles. The number of ether oxygens (including phenoxy) is 1. The highest BCUT2D eigenvalue weighted by atomic mass is 19.3. The fraction of sp³-hybridized carbons (Fsp3) is 0.280. The molecule has 1 fully saturated rings. The highest BCUT2D eigenvalue weighted by Crippen LogP contribution is 2.28. The van der Waals surface area contributed by atoms with Crippen molar-refractivity contribution in [2.45, 2.75) is 31.4 Å². The first-order valence-electron chi connectivity index (χ1n) is 11.3. The monoisotopic (exact) mass is 482 g/mol. The predicted octanol–water partition coefficient (Wildman–Crippen LogP) is 3.49. The molecule has 10 heteroatoms. The van der Waals surface area contributed by atoms with Gasteiger partial charge in [-0.1, -0.05) is 30.8 Å². The number of hydrogen-bond donors (Lipinski definition) is 4. The molecule has 35 heavy (non-hydrogen) atoms. The normalized spacial score (nSPS) is 19.7. The van der Waals surface area contributed by atoms with Gasteiger partial charge in [0, 0.05) is 23.9 Å². The molecule has 2 aliphatic rings. The Balaban J connectivity index is 1.44. The molecule has 2 aromatic rings. The van der Waals surface area contributed by atoms with E-state index in [4.69, 9.17) is 15.5 Å². The van der Waals surface area contributed by atoms with Crippen LogP contribution in [0.1, 0.15) is 36.4 Å². The van der Waals surface area contributed by atoms with Gasteiger partial charge in [0.05, 0.1) is 18.6 Å². The summed E-state index contributed by atoms with van der Waals surface area (Å²) in [5.74, 6) is 1.34. The molecule has 0 spiro atoms. The minimum atomic E-state index is -2.56. The molecule has 5 N–H and O–H groups in total. The maximum absolute atomic E-state index is 12.9. The molecule has 0 saturated carbocycles. The van der Waals surface area contributed by atoms with Crippen LogP contribution in [0, 0.1) is 0 Å². The largest absolute Gasteiger partial charge is 0.457 e. The highest BCUT2D eigenvalue weighted by Gasteiger charge is 2.28. The fourth-order valence-corrected chi connectivity index (χ4v) is 4.12. The van der Waals surface area contributed by atoms with Gasteiger partial charge < -0.3 is 20.8 Å². The van der Waals surface area contributed by atoms with E-state index >= 15 is 0 Å². The summed E-state index contributed by atoms with van der Waals surface area (Å²) in [6.45, 7) is 4.72. The summed E-state index contributed by atoms with van der Waals surface area (Å²) in [4.78, 5) is 18.6. The van der Waals surface area contributed by atoms with Crippen molar-refractivity contribution in [3.05, 3.63) is 84.1 Å². The molecule has 2 atom stereocenters.